The van der Waals surface area contributed by atoms with Gasteiger partial charge in [-0.3, -0.25) is 9.36 Å². The van der Waals surface area contributed by atoms with Crippen molar-refractivity contribution >= 4 is 34.4 Å². The number of aryl methyl sites for hydroxylation is 1. The van der Waals surface area contributed by atoms with Crippen molar-refractivity contribution in [3.63, 3.8) is 0 Å². The van der Waals surface area contributed by atoms with Gasteiger partial charge in [-0.05, 0) is 57.0 Å². The molecule has 1 amide bonds. The number of carbonyl (C=O) groups is 1. The number of benzene rings is 2. The first kappa shape index (κ1) is 28.3. The zero-order valence-electron chi connectivity index (χ0n) is 23.2. The van der Waals surface area contributed by atoms with Crippen molar-refractivity contribution in [3.8, 4) is 11.1 Å². The molecule has 0 bridgehead atoms. The van der Waals surface area contributed by atoms with Crippen LogP contribution in [0.4, 0.5) is 14.6 Å². The van der Waals surface area contributed by atoms with Crippen molar-refractivity contribution in [1.29, 1.82) is 0 Å². The largest absolute Gasteiger partial charge is 0.375 e. The zero-order valence-corrected chi connectivity index (χ0v) is 24.1. The van der Waals surface area contributed by atoms with Crippen molar-refractivity contribution in [2.75, 3.05) is 30.3 Å². The molecule has 5 rings (SSSR count). The summed E-state index contributed by atoms with van der Waals surface area (Å²) in [5.41, 5.74) is 1.99. The summed E-state index contributed by atoms with van der Waals surface area (Å²) in [6, 6.07) is 5.28. The molecule has 40 heavy (non-hydrogen) atoms. The first-order chi connectivity index (χ1) is 19.1. The van der Waals surface area contributed by atoms with Gasteiger partial charge in [-0.2, -0.15) is 4.98 Å². The van der Waals surface area contributed by atoms with E-state index >= 15 is 4.39 Å². The minimum Gasteiger partial charge on any atom is -0.375 e. The van der Waals surface area contributed by atoms with Gasteiger partial charge in [-0.15, -0.1) is 11.8 Å². The molecule has 0 N–H and O–H groups in total. The summed E-state index contributed by atoms with van der Waals surface area (Å²) >= 11 is 1.53. The molecule has 0 saturated carbocycles. The van der Waals surface area contributed by atoms with E-state index in [9.17, 15) is 14.0 Å². The number of thioether (sulfide) groups is 1. The fourth-order valence-corrected chi connectivity index (χ4v) is 7.28. The standard InChI is InChI=1S/C30H34F2N4O3S/c1-6-10-39-21-15-35-27-23(11-17(3)26(28(27)40-16-21)22-9-8-20(31)12-24(22)32)29(33-30(35)38)34-13-18(4)36(19(5)14-34)25(37)7-2/h7-9,11-12,18-19,21H,2,6,10,13-16H2,1,3-5H3/t18-,19+,21?. The van der Waals surface area contributed by atoms with E-state index in [1.807, 2.05) is 33.8 Å². The minimum absolute atomic E-state index is 0.126. The molecule has 10 heteroatoms. The number of aromatic nitrogens is 2. The fraction of sp³-hybridized carbons (Fsp3) is 0.433. The molecule has 0 aliphatic carbocycles. The Kier molecular flexibility index (Phi) is 8.01. The van der Waals surface area contributed by atoms with Crippen molar-refractivity contribution in [2.45, 2.75) is 63.7 Å². The maximum atomic E-state index is 15.2. The monoisotopic (exact) mass is 568 g/mol. The van der Waals surface area contributed by atoms with Crippen LogP contribution in [0.1, 0.15) is 32.8 Å². The average Bonchev–Trinajstić information content (AvgIpc) is 3.10. The van der Waals surface area contributed by atoms with E-state index in [0.717, 1.165) is 28.3 Å². The van der Waals surface area contributed by atoms with Gasteiger partial charge in [0.15, 0.2) is 0 Å². The topological polar surface area (TPSA) is 67.7 Å². The van der Waals surface area contributed by atoms with Crippen LogP contribution < -0.4 is 10.6 Å². The molecule has 2 aliphatic rings. The highest BCUT2D eigenvalue weighted by Gasteiger charge is 2.35. The summed E-state index contributed by atoms with van der Waals surface area (Å²) in [6.45, 7) is 13.4. The maximum Gasteiger partial charge on any atom is 0.350 e. The number of rotatable bonds is 6. The van der Waals surface area contributed by atoms with Crippen LogP contribution in [0.2, 0.25) is 0 Å². The number of amides is 1. The lowest BCUT2D eigenvalue weighted by Crippen LogP contribution is -2.58. The number of nitrogens with zero attached hydrogens (tertiary/aromatic N) is 4. The van der Waals surface area contributed by atoms with Crippen LogP contribution in [-0.4, -0.2) is 64.0 Å². The Hall–Kier alpha value is -3.24. The molecule has 2 aliphatic heterocycles. The Bertz CT molecular complexity index is 1530. The third-order valence-electron chi connectivity index (χ3n) is 7.60. The van der Waals surface area contributed by atoms with E-state index in [1.165, 1.54) is 30.0 Å². The Morgan fingerprint density at radius 2 is 1.93 bits per heavy atom. The summed E-state index contributed by atoms with van der Waals surface area (Å²) in [5, 5.41) is 0.782. The van der Waals surface area contributed by atoms with E-state index < -0.39 is 17.3 Å². The molecule has 3 atom stereocenters. The molecule has 0 radical (unpaired) electrons. The lowest BCUT2D eigenvalue weighted by molar-refractivity contribution is -0.130. The number of hydrogen-bond acceptors (Lipinski definition) is 6. The van der Waals surface area contributed by atoms with Crippen molar-refractivity contribution in [1.82, 2.24) is 14.5 Å². The lowest BCUT2D eigenvalue weighted by atomic mass is 9.97. The predicted molar refractivity (Wildman–Crippen MR) is 155 cm³/mol. The molecule has 1 aromatic heterocycles. The second-order valence-electron chi connectivity index (χ2n) is 10.6. The van der Waals surface area contributed by atoms with E-state index in [-0.39, 0.29) is 29.7 Å². The van der Waals surface area contributed by atoms with Crippen LogP contribution in [-0.2, 0) is 16.1 Å². The highest BCUT2D eigenvalue weighted by molar-refractivity contribution is 7.99. The summed E-state index contributed by atoms with van der Waals surface area (Å²) in [5.74, 6) is -0.313. The van der Waals surface area contributed by atoms with E-state index in [2.05, 4.69) is 16.5 Å². The van der Waals surface area contributed by atoms with Crippen molar-refractivity contribution < 1.29 is 18.3 Å². The average molecular weight is 569 g/mol. The number of hydrogen-bond donors (Lipinski definition) is 0. The van der Waals surface area contributed by atoms with Gasteiger partial charge in [0.25, 0.3) is 0 Å². The Morgan fingerprint density at radius 3 is 2.58 bits per heavy atom. The minimum atomic E-state index is -0.656. The molecule has 1 saturated heterocycles. The molecule has 1 fully saturated rings. The first-order valence-corrected chi connectivity index (χ1v) is 14.6. The number of halogens is 2. The van der Waals surface area contributed by atoms with Gasteiger partial charge in [-0.25, -0.2) is 13.6 Å². The van der Waals surface area contributed by atoms with E-state index in [0.29, 0.717) is 48.9 Å². The number of piperazine rings is 1. The molecular formula is C30H34F2N4O3S. The predicted octanol–water partition coefficient (Wildman–Crippen LogP) is 5.16. The Balaban J connectivity index is 1.72. The Labute approximate surface area is 236 Å². The van der Waals surface area contributed by atoms with Gasteiger partial charge in [-0.1, -0.05) is 13.5 Å². The highest BCUT2D eigenvalue weighted by Crippen LogP contribution is 2.44. The summed E-state index contributed by atoms with van der Waals surface area (Å²) in [7, 11) is 0. The van der Waals surface area contributed by atoms with Crippen LogP contribution in [0.3, 0.4) is 0 Å². The molecule has 0 spiro atoms. The Morgan fingerprint density at radius 1 is 1.20 bits per heavy atom. The van der Waals surface area contributed by atoms with Crippen molar-refractivity contribution in [2.24, 2.45) is 0 Å². The number of carbonyl (C=O) groups excluding carboxylic acids is 1. The summed E-state index contributed by atoms with van der Waals surface area (Å²) < 4.78 is 36.7. The lowest BCUT2D eigenvalue weighted by Gasteiger charge is -2.44. The molecule has 1 unspecified atom stereocenters. The normalized spacial score (nSPS) is 21.0. The number of ether oxygens (including phenoxy) is 1. The van der Waals surface area contributed by atoms with Crippen LogP contribution >= 0.6 is 11.8 Å². The fourth-order valence-electron chi connectivity index (χ4n) is 5.95. The van der Waals surface area contributed by atoms with Crippen molar-refractivity contribution in [3.05, 3.63) is 64.6 Å². The van der Waals surface area contributed by atoms with Gasteiger partial charge < -0.3 is 14.5 Å². The van der Waals surface area contributed by atoms with Crippen LogP contribution in [0, 0.1) is 18.6 Å². The van der Waals surface area contributed by atoms with E-state index in [1.54, 1.807) is 9.47 Å². The highest BCUT2D eigenvalue weighted by atomic mass is 32.2. The SMILES string of the molecule is C=CC(=O)N1[C@H](C)CN(c2nc(=O)n3c4c(c(-c5ccc(F)cc5F)c(C)cc24)SCC(OCCC)C3)C[C@@H]1C. The molecule has 3 aromatic rings. The third kappa shape index (κ3) is 5.03. The van der Waals surface area contributed by atoms with Gasteiger partial charge in [0.2, 0.25) is 5.91 Å². The van der Waals surface area contributed by atoms with Gasteiger partial charge in [0, 0.05) is 65.0 Å². The van der Waals surface area contributed by atoms with Gasteiger partial charge >= 0.3 is 5.69 Å². The van der Waals surface area contributed by atoms with Crippen LogP contribution in [0.25, 0.3) is 22.0 Å². The summed E-state index contributed by atoms with van der Waals surface area (Å²) in [4.78, 5) is 35.4. The number of anilines is 1. The van der Waals surface area contributed by atoms with Crippen LogP contribution in [0.15, 0.2) is 46.6 Å². The van der Waals surface area contributed by atoms with Gasteiger partial charge in [0.1, 0.15) is 17.5 Å². The van der Waals surface area contributed by atoms with E-state index in [4.69, 9.17) is 4.74 Å². The zero-order chi connectivity index (χ0) is 28.7. The summed E-state index contributed by atoms with van der Waals surface area (Å²) in [6.07, 6.45) is 1.94. The van der Waals surface area contributed by atoms with Gasteiger partial charge in [0.05, 0.1) is 18.2 Å². The first-order valence-electron chi connectivity index (χ1n) is 13.6. The second kappa shape index (κ2) is 11.3. The smallest absolute Gasteiger partial charge is 0.350 e. The van der Waals surface area contributed by atoms with Crippen LogP contribution in [0.5, 0.6) is 0 Å². The second-order valence-corrected chi connectivity index (χ2v) is 11.6. The molecule has 2 aromatic carbocycles. The third-order valence-corrected chi connectivity index (χ3v) is 8.83. The molecule has 7 nitrogen and oxygen atoms in total. The molecule has 212 valence electrons. The molecule has 3 heterocycles. The maximum absolute atomic E-state index is 15.2. The quantitative estimate of drug-likeness (QED) is 0.383. The molecular weight excluding hydrogens is 534 g/mol.